The number of hydrogen-bond acceptors (Lipinski definition) is 2. The number of carbonyl (C=O) groups excluding carboxylic acids is 1. The molecular formula is C17H26N2O. The van der Waals surface area contributed by atoms with Gasteiger partial charge in [-0.2, -0.15) is 0 Å². The Morgan fingerprint density at radius 3 is 2.30 bits per heavy atom. The summed E-state index contributed by atoms with van der Waals surface area (Å²) >= 11 is 0. The molecule has 1 aromatic carbocycles. The molecule has 2 rings (SSSR count). The molecule has 1 N–H and O–H groups in total. The highest BCUT2D eigenvalue weighted by Crippen LogP contribution is 2.28. The maximum absolute atomic E-state index is 12.6. The fraction of sp³-hybridized carbons (Fsp3) is 0.588. The highest BCUT2D eigenvalue weighted by atomic mass is 16.2. The van der Waals surface area contributed by atoms with E-state index in [-0.39, 0.29) is 18.1 Å². The lowest BCUT2D eigenvalue weighted by atomic mass is 10.0. The molecule has 3 heteroatoms. The molecule has 3 nitrogen and oxygen atoms in total. The normalized spacial score (nSPS) is 23.1. The zero-order valence-corrected chi connectivity index (χ0v) is 13.0. The largest absolute Gasteiger partial charge is 0.321 e. The van der Waals surface area contributed by atoms with E-state index in [1.165, 1.54) is 5.56 Å². The number of nitrogens with one attached hydrogen (secondary N) is 1. The van der Waals surface area contributed by atoms with Gasteiger partial charge in [-0.3, -0.25) is 10.1 Å². The molecule has 1 aromatic rings. The molecule has 0 spiro atoms. The molecule has 0 aliphatic carbocycles. The Labute approximate surface area is 122 Å². The van der Waals surface area contributed by atoms with Crippen molar-refractivity contribution in [2.45, 2.75) is 46.3 Å². The molecule has 1 saturated heterocycles. The van der Waals surface area contributed by atoms with Gasteiger partial charge in [-0.25, -0.2) is 0 Å². The molecular weight excluding hydrogens is 248 g/mol. The molecule has 1 heterocycles. The average molecular weight is 274 g/mol. The van der Waals surface area contributed by atoms with E-state index < -0.39 is 0 Å². The molecule has 110 valence electrons. The molecule has 1 amide bonds. The molecule has 0 saturated carbocycles. The fourth-order valence-electron chi connectivity index (χ4n) is 2.82. The molecule has 0 radical (unpaired) electrons. The number of amides is 1. The van der Waals surface area contributed by atoms with Crippen LogP contribution in [0.3, 0.4) is 0 Å². The van der Waals surface area contributed by atoms with Gasteiger partial charge < -0.3 is 4.90 Å². The quantitative estimate of drug-likeness (QED) is 0.894. The lowest BCUT2D eigenvalue weighted by Gasteiger charge is -2.26. The summed E-state index contributed by atoms with van der Waals surface area (Å²) in [5.41, 5.74) is 1.17. The first-order valence-corrected chi connectivity index (χ1v) is 7.60. The average Bonchev–Trinajstić information content (AvgIpc) is 2.68. The first-order valence-electron chi connectivity index (χ1n) is 7.60. The van der Waals surface area contributed by atoms with Crippen LogP contribution in [0.25, 0.3) is 0 Å². The predicted molar refractivity (Wildman–Crippen MR) is 82.1 cm³/mol. The van der Waals surface area contributed by atoms with Gasteiger partial charge in [0.15, 0.2) is 0 Å². The van der Waals surface area contributed by atoms with Crippen LogP contribution in [0, 0.1) is 11.8 Å². The molecule has 0 aromatic heterocycles. The van der Waals surface area contributed by atoms with Crippen molar-refractivity contribution in [1.82, 2.24) is 10.2 Å². The Morgan fingerprint density at radius 2 is 1.75 bits per heavy atom. The van der Waals surface area contributed by atoms with Crippen molar-refractivity contribution in [2.24, 2.45) is 11.8 Å². The molecule has 2 unspecified atom stereocenters. The van der Waals surface area contributed by atoms with E-state index in [0.717, 1.165) is 13.0 Å². The number of rotatable bonds is 5. The predicted octanol–water partition coefficient (Wildman–Crippen LogP) is 3.19. The Morgan fingerprint density at radius 1 is 1.10 bits per heavy atom. The Kier molecular flexibility index (Phi) is 4.81. The second-order valence-corrected chi connectivity index (χ2v) is 6.55. The third-order valence-electron chi connectivity index (χ3n) is 3.64. The van der Waals surface area contributed by atoms with E-state index in [1.807, 2.05) is 23.1 Å². The number of carbonyl (C=O) groups is 1. The molecule has 20 heavy (non-hydrogen) atoms. The maximum Gasteiger partial charge on any atom is 0.241 e. The van der Waals surface area contributed by atoms with Gasteiger partial charge in [0.1, 0.15) is 6.17 Å². The van der Waals surface area contributed by atoms with Gasteiger partial charge in [0.2, 0.25) is 5.91 Å². The fourth-order valence-corrected chi connectivity index (χ4v) is 2.82. The minimum absolute atomic E-state index is 0.0230. The van der Waals surface area contributed by atoms with Gasteiger partial charge in [-0.1, -0.05) is 58.0 Å². The number of hydrogen-bond donors (Lipinski definition) is 1. The van der Waals surface area contributed by atoms with Gasteiger partial charge in [-0.05, 0) is 23.8 Å². The second kappa shape index (κ2) is 6.40. The lowest BCUT2D eigenvalue weighted by Crippen LogP contribution is -2.34. The van der Waals surface area contributed by atoms with Gasteiger partial charge in [0.25, 0.3) is 0 Å². The van der Waals surface area contributed by atoms with Crippen LogP contribution in [0.2, 0.25) is 0 Å². The van der Waals surface area contributed by atoms with Crippen LogP contribution in [0.15, 0.2) is 30.3 Å². The standard InChI is InChI=1S/C17H26N2O/c1-12(2)10-15-17(20)19(11-13(3)4)16(18-15)14-8-6-5-7-9-14/h5-9,12-13,15-16,18H,10-11H2,1-4H3. The van der Waals surface area contributed by atoms with Crippen molar-refractivity contribution in [2.75, 3.05) is 6.54 Å². The van der Waals surface area contributed by atoms with Crippen LogP contribution in [-0.2, 0) is 4.79 Å². The van der Waals surface area contributed by atoms with E-state index in [0.29, 0.717) is 11.8 Å². The first-order chi connectivity index (χ1) is 9.49. The second-order valence-electron chi connectivity index (χ2n) is 6.55. The summed E-state index contributed by atoms with van der Waals surface area (Å²) < 4.78 is 0. The Balaban J connectivity index is 2.21. The lowest BCUT2D eigenvalue weighted by molar-refractivity contribution is -0.130. The SMILES string of the molecule is CC(C)CC1NC(c2ccccc2)N(CC(C)C)C1=O. The summed E-state index contributed by atoms with van der Waals surface area (Å²) in [5, 5.41) is 3.52. The Hall–Kier alpha value is -1.35. The summed E-state index contributed by atoms with van der Waals surface area (Å²) in [7, 11) is 0. The van der Waals surface area contributed by atoms with E-state index >= 15 is 0 Å². The van der Waals surface area contributed by atoms with Crippen LogP contribution >= 0.6 is 0 Å². The summed E-state index contributed by atoms with van der Waals surface area (Å²) in [5.74, 6) is 1.25. The van der Waals surface area contributed by atoms with E-state index in [4.69, 9.17) is 0 Å². The van der Waals surface area contributed by atoms with Gasteiger partial charge >= 0.3 is 0 Å². The molecule has 1 aliphatic heterocycles. The van der Waals surface area contributed by atoms with E-state index in [1.54, 1.807) is 0 Å². The molecule has 1 fully saturated rings. The van der Waals surface area contributed by atoms with E-state index in [2.05, 4.69) is 45.1 Å². The number of benzene rings is 1. The third kappa shape index (κ3) is 3.40. The van der Waals surface area contributed by atoms with Gasteiger partial charge in [0.05, 0.1) is 6.04 Å². The third-order valence-corrected chi connectivity index (χ3v) is 3.64. The molecule has 1 aliphatic rings. The minimum atomic E-state index is -0.0426. The van der Waals surface area contributed by atoms with Crippen LogP contribution in [0.1, 0.15) is 45.8 Å². The smallest absolute Gasteiger partial charge is 0.241 e. The first kappa shape index (κ1) is 15.0. The van der Waals surface area contributed by atoms with Crippen LogP contribution in [0.4, 0.5) is 0 Å². The van der Waals surface area contributed by atoms with Crippen molar-refractivity contribution in [3.8, 4) is 0 Å². The Bertz CT molecular complexity index is 442. The van der Waals surface area contributed by atoms with Crippen LogP contribution in [0.5, 0.6) is 0 Å². The van der Waals surface area contributed by atoms with Crippen molar-refractivity contribution >= 4 is 5.91 Å². The van der Waals surface area contributed by atoms with Crippen LogP contribution < -0.4 is 5.32 Å². The van der Waals surface area contributed by atoms with E-state index in [9.17, 15) is 4.79 Å². The van der Waals surface area contributed by atoms with Crippen molar-refractivity contribution < 1.29 is 4.79 Å². The highest BCUT2D eigenvalue weighted by Gasteiger charge is 2.39. The summed E-state index contributed by atoms with van der Waals surface area (Å²) in [4.78, 5) is 14.6. The molecule has 0 bridgehead atoms. The van der Waals surface area contributed by atoms with Crippen LogP contribution in [-0.4, -0.2) is 23.4 Å². The zero-order chi connectivity index (χ0) is 14.7. The van der Waals surface area contributed by atoms with Gasteiger partial charge in [-0.15, -0.1) is 0 Å². The number of nitrogens with zero attached hydrogens (tertiary/aromatic N) is 1. The topological polar surface area (TPSA) is 32.3 Å². The summed E-state index contributed by atoms with van der Waals surface area (Å²) in [6, 6.07) is 10.2. The van der Waals surface area contributed by atoms with Crippen molar-refractivity contribution in [3.63, 3.8) is 0 Å². The monoisotopic (exact) mass is 274 g/mol. The zero-order valence-electron chi connectivity index (χ0n) is 13.0. The molecule has 2 atom stereocenters. The van der Waals surface area contributed by atoms with Crippen molar-refractivity contribution in [1.29, 1.82) is 0 Å². The van der Waals surface area contributed by atoms with Gasteiger partial charge in [0, 0.05) is 6.54 Å². The summed E-state index contributed by atoms with van der Waals surface area (Å²) in [6.45, 7) is 9.45. The maximum atomic E-state index is 12.6. The highest BCUT2D eigenvalue weighted by molar-refractivity contribution is 5.84. The van der Waals surface area contributed by atoms with Crippen molar-refractivity contribution in [3.05, 3.63) is 35.9 Å². The minimum Gasteiger partial charge on any atom is -0.321 e. The summed E-state index contributed by atoms with van der Waals surface area (Å²) in [6.07, 6.45) is 0.923.